The van der Waals surface area contributed by atoms with E-state index in [-0.39, 0.29) is 24.0 Å². The molecule has 1 unspecified atom stereocenters. The third-order valence-electron chi connectivity index (χ3n) is 4.53. The van der Waals surface area contributed by atoms with Crippen molar-refractivity contribution in [3.05, 3.63) is 58.9 Å². The molecule has 1 atom stereocenters. The summed E-state index contributed by atoms with van der Waals surface area (Å²) >= 11 is 0. The number of pyridine rings is 1. The molecule has 2 rings (SSSR count). The molecule has 160 valence electrons. The van der Waals surface area contributed by atoms with Crippen molar-refractivity contribution in [3.63, 3.8) is 0 Å². The smallest absolute Gasteiger partial charge is 0.191 e. The number of aryl methyl sites for hydroxylation is 1. The van der Waals surface area contributed by atoms with Crippen LogP contribution in [0.5, 0.6) is 5.75 Å². The highest BCUT2D eigenvalue weighted by Crippen LogP contribution is 2.23. The van der Waals surface area contributed by atoms with Crippen LogP contribution < -0.4 is 15.4 Å². The molecule has 1 heterocycles. The van der Waals surface area contributed by atoms with Crippen LogP contribution >= 0.6 is 24.0 Å². The lowest BCUT2D eigenvalue weighted by Gasteiger charge is -2.17. The van der Waals surface area contributed by atoms with Gasteiger partial charge in [-0.15, -0.1) is 24.0 Å². The van der Waals surface area contributed by atoms with Gasteiger partial charge >= 0.3 is 0 Å². The number of hydrogen-bond donors (Lipinski definition) is 2. The number of nitrogens with zero attached hydrogens (tertiary/aromatic N) is 2. The van der Waals surface area contributed by atoms with E-state index in [0.29, 0.717) is 25.7 Å². The van der Waals surface area contributed by atoms with Gasteiger partial charge in [0.1, 0.15) is 5.75 Å². The Hall–Kier alpha value is -1.87. The van der Waals surface area contributed by atoms with E-state index in [0.717, 1.165) is 35.1 Å². The van der Waals surface area contributed by atoms with Crippen LogP contribution in [0, 0.1) is 19.8 Å². The summed E-state index contributed by atoms with van der Waals surface area (Å²) in [4.78, 5) is 8.80. The summed E-state index contributed by atoms with van der Waals surface area (Å²) < 4.78 is 11.3. The largest absolute Gasteiger partial charge is 0.496 e. The van der Waals surface area contributed by atoms with Gasteiger partial charge in [0.25, 0.3) is 0 Å². The average molecular weight is 512 g/mol. The Balaban J connectivity index is 0.00000420. The first kappa shape index (κ1) is 25.2. The Morgan fingerprint density at radius 2 is 1.90 bits per heavy atom. The van der Waals surface area contributed by atoms with E-state index in [1.165, 1.54) is 5.56 Å². The molecule has 0 saturated heterocycles. The van der Waals surface area contributed by atoms with E-state index in [1.54, 1.807) is 14.2 Å². The number of rotatable bonds is 9. The zero-order valence-electron chi connectivity index (χ0n) is 18.0. The van der Waals surface area contributed by atoms with Crippen molar-refractivity contribution in [1.82, 2.24) is 15.6 Å². The van der Waals surface area contributed by atoms with Gasteiger partial charge in [-0.2, -0.15) is 0 Å². The Labute approximate surface area is 191 Å². The minimum atomic E-state index is 0. The fourth-order valence-corrected chi connectivity index (χ4v) is 2.92. The van der Waals surface area contributed by atoms with Crippen molar-refractivity contribution in [2.75, 3.05) is 27.3 Å². The van der Waals surface area contributed by atoms with Gasteiger partial charge in [-0.1, -0.05) is 37.3 Å². The van der Waals surface area contributed by atoms with E-state index in [2.05, 4.69) is 39.7 Å². The van der Waals surface area contributed by atoms with E-state index in [1.807, 2.05) is 38.2 Å². The third kappa shape index (κ3) is 8.18. The number of halogens is 1. The summed E-state index contributed by atoms with van der Waals surface area (Å²) in [6, 6.07) is 10.2. The van der Waals surface area contributed by atoms with Gasteiger partial charge in [0, 0.05) is 30.9 Å². The first-order chi connectivity index (χ1) is 13.5. The Morgan fingerprint density at radius 1 is 1.17 bits per heavy atom. The second-order valence-corrected chi connectivity index (χ2v) is 6.96. The minimum Gasteiger partial charge on any atom is -0.496 e. The average Bonchev–Trinajstić information content (AvgIpc) is 2.70. The van der Waals surface area contributed by atoms with Gasteiger partial charge in [-0.05, 0) is 25.3 Å². The maximum Gasteiger partial charge on any atom is 0.191 e. The molecule has 0 spiro atoms. The molecule has 0 saturated carbocycles. The van der Waals surface area contributed by atoms with Crippen molar-refractivity contribution in [2.45, 2.75) is 33.9 Å². The molecule has 0 fully saturated rings. The molecule has 0 bridgehead atoms. The van der Waals surface area contributed by atoms with Crippen LogP contribution in [0.3, 0.4) is 0 Å². The Kier molecular flexibility index (Phi) is 11.6. The summed E-state index contributed by atoms with van der Waals surface area (Å²) in [6.45, 7) is 8.87. The molecule has 2 aromatic rings. The van der Waals surface area contributed by atoms with Crippen LogP contribution in [0.2, 0.25) is 0 Å². The number of hydrogen-bond acceptors (Lipinski definition) is 4. The molecular formula is C22H33IN4O2. The third-order valence-corrected chi connectivity index (χ3v) is 4.53. The molecule has 6 nitrogen and oxygen atoms in total. The Morgan fingerprint density at radius 3 is 2.55 bits per heavy atom. The van der Waals surface area contributed by atoms with Crippen LogP contribution in [-0.4, -0.2) is 38.3 Å². The quantitative estimate of drug-likeness (QED) is 0.304. The molecule has 29 heavy (non-hydrogen) atoms. The number of aliphatic imine (C=N–C) groups is 1. The standard InChI is InChI=1S/C22H32N4O2.HI/c1-16(14-28-15-19-9-7-6-8-10-19)11-25-22(23-4)26-13-20-18(3)21(27-5)17(2)12-24-20;/h6-10,12,16H,11,13-15H2,1-5H3,(H2,23,25,26);1H. The number of aromatic nitrogens is 1. The Bertz CT molecular complexity index is 769. The van der Waals surface area contributed by atoms with E-state index < -0.39 is 0 Å². The van der Waals surface area contributed by atoms with Crippen molar-refractivity contribution in [1.29, 1.82) is 0 Å². The molecular weight excluding hydrogens is 479 g/mol. The summed E-state index contributed by atoms with van der Waals surface area (Å²) in [5.74, 6) is 2.00. The van der Waals surface area contributed by atoms with Crippen LogP contribution in [0.1, 0.15) is 29.3 Å². The molecule has 7 heteroatoms. The molecule has 0 radical (unpaired) electrons. The summed E-state index contributed by atoms with van der Waals surface area (Å²) in [6.07, 6.45) is 1.84. The fourth-order valence-electron chi connectivity index (χ4n) is 2.92. The molecule has 2 N–H and O–H groups in total. The number of benzene rings is 1. The highest BCUT2D eigenvalue weighted by Gasteiger charge is 2.10. The second kappa shape index (κ2) is 13.4. The van der Waals surface area contributed by atoms with Crippen LogP contribution in [0.25, 0.3) is 0 Å². The monoisotopic (exact) mass is 512 g/mol. The number of nitrogens with one attached hydrogen (secondary N) is 2. The lowest BCUT2D eigenvalue weighted by atomic mass is 10.1. The fraction of sp³-hybridized carbons (Fsp3) is 0.455. The highest BCUT2D eigenvalue weighted by atomic mass is 127. The number of ether oxygens (including phenoxy) is 2. The molecule has 0 aliphatic rings. The topological polar surface area (TPSA) is 67.8 Å². The molecule has 1 aromatic heterocycles. The van der Waals surface area contributed by atoms with Crippen molar-refractivity contribution < 1.29 is 9.47 Å². The van der Waals surface area contributed by atoms with Crippen molar-refractivity contribution >= 4 is 29.9 Å². The first-order valence-corrected chi connectivity index (χ1v) is 9.60. The maximum atomic E-state index is 5.80. The van der Waals surface area contributed by atoms with E-state index in [9.17, 15) is 0 Å². The lowest BCUT2D eigenvalue weighted by Crippen LogP contribution is -2.40. The molecule has 0 aliphatic carbocycles. The minimum absolute atomic E-state index is 0. The van der Waals surface area contributed by atoms with Crippen LogP contribution in [0.4, 0.5) is 0 Å². The van der Waals surface area contributed by atoms with Crippen molar-refractivity contribution in [3.8, 4) is 5.75 Å². The van der Waals surface area contributed by atoms with Crippen LogP contribution in [-0.2, 0) is 17.9 Å². The summed E-state index contributed by atoms with van der Waals surface area (Å²) in [5.41, 5.74) is 4.23. The SMILES string of the molecule is CN=C(NCc1ncc(C)c(OC)c1C)NCC(C)COCc1ccccc1.I. The predicted molar refractivity (Wildman–Crippen MR) is 129 cm³/mol. The van der Waals surface area contributed by atoms with E-state index in [4.69, 9.17) is 9.47 Å². The second-order valence-electron chi connectivity index (χ2n) is 6.96. The van der Waals surface area contributed by atoms with Gasteiger partial charge < -0.3 is 20.1 Å². The van der Waals surface area contributed by atoms with Crippen LogP contribution in [0.15, 0.2) is 41.5 Å². The van der Waals surface area contributed by atoms with Gasteiger partial charge in [-0.25, -0.2) is 0 Å². The number of guanidine groups is 1. The molecule has 1 aromatic carbocycles. The van der Waals surface area contributed by atoms with Gasteiger partial charge in [0.05, 0.1) is 32.6 Å². The lowest BCUT2D eigenvalue weighted by molar-refractivity contribution is 0.0931. The summed E-state index contributed by atoms with van der Waals surface area (Å²) in [7, 11) is 3.45. The predicted octanol–water partition coefficient (Wildman–Crippen LogP) is 3.84. The van der Waals surface area contributed by atoms with Gasteiger partial charge in [0.15, 0.2) is 5.96 Å². The van der Waals surface area contributed by atoms with Crippen molar-refractivity contribution in [2.24, 2.45) is 10.9 Å². The zero-order chi connectivity index (χ0) is 20.4. The van der Waals surface area contributed by atoms with E-state index >= 15 is 0 Å². The van der Waals surface area contributed by atoms with Gasteiger partial charge in [0.2, 0.25) is 0 Å². The number of methoxy groups -OCH3 is 1. The normalized spacial score (nSPS) is 12.1. The molecule has 0 amide bonds. The van der Waals surface area contributed by atoms with Gasteiger partial charge in [-0.3, -0.25) is 9.98 Å². The summed E-state index contributed by atoms with van der Waals surface area (Å²) in [5, 5.41) is 6.66. The first-order valence-electron chi connectivity index (χ1n) is 9.60. The zero-order valence-corrected chi connectivity index (χ0v) is 20.3. The molecule has 0 aliphatic heterocycles. The highest BCUT2D eigenvalue weighted by molar-refractivity contribution is 14.0. The maximum absolute atomic E-state index is 5.80.